The molecule has 0 radical (unpaired) electrons. The van der Waals surface area contributed by atoms with E-state index in [1.54, 1.807) is 0 Å². The predicted octanol–water partition coefficient (Wildman–Crippen LogP) is 1.54. The number of ether oxygens (including phenoxy) is 1. The van der Waals surface area contributed by atoms with E-state index in [1.807, 2.05) is 7.05 Å². The number of morpholine rings is 1. The highest BCUT2D eigenvalue weighted by Crippen LogP contribution is 2.19. The minimum atomic E-state index is 0. The number of carbonyl (C=O) groups is 1. The quantitative estimate of drug-likeness (QED) is 0.759. The molecule has 0 aromatic rings. The van der Waals surface area contributed by atoms with E-state index in [1.165, 1.54) is 0 Å². The van der Waals surface area contributed by atoms with Crippen molar-refractivity contribution in [3.05, 3.63) is 0 Å². The largest absolute Gasteiger partial charge is 0.376 e. The lowest BCUT2D eigenvalue weighted by Crippen LogP contribution is -2.51. The van der Waals surface area contributed by atoms with Crippen LogP contribution < -0.4 is 5.32 Å². The maximum Gasteiger partial charge on any atom is 0.222 e. The zero-order chi connectivity index (χ0) is 14.4. The maximum atomic E-state index is 12.1. The van der Waals surface area contributed by atoms with Gasteiger partial charge in [-0.2, -0.15) is 0 Å². The first-order valence-corrected chi connectivity index (χ1v) is 7.98. The van der Waals surface area contributed by atoms with Crippen LogP contribution in [0.4, 0.5) is 0 Å². The number of rotatable bonds is 5. The van der Waals surface area contributed by atoms with Crippen LogP contribution in [0.5, 0.6) is 0 Å². The van der Waals surface area contributed by atoms with Crippen LogP contribution in [0.3, 0.4) is 0 Å². The van der Waals surface area contributed by atoms with Gasteiger partial charge in [0.2, 0.25) is 5.91 Å². The SMILES string of the molecule is CNCCCC(=O)N1CCC(N2CCOC(C)C2)CC1.Cl.Cl. The summed E-state index contributed by atoms with van der Waals surface area (Å²) < 4.78 is 5.60. The Morgan fingerprint density at radius 3 is 2.50 bits per heavy atom. The standard InChI is InChI=1S/C15H29N3O2.2ClH/c1-13-12-18(10-11-20-13)14-5-8-17(9-6-14)15(19)4-3-7-16-2;;/h13-14,16H,3-12H2,1-2H3;2*1H. The topological polar surface area (TPSA) is 44.8 Å². The first kappa shape index (κ1) is 21.9. The fraction of sp³-hybridized carbons (Fsp3) is 0.933. The molecule has 1 N–H and O–H groups in total. The number of amides is 1. The molecule has 0 aliphatic carbocycles. The molecule has 1 amide bonds. The number of likely N-dealkylation sites (tertiary alicyclic amines) is 1. The molecule has 0 aromatic heterocycles. The fourth-order valence-electron chi connectivity index (χ4n) is 3.23. The van der Waals surface area contributed by atoms with E-state index in [4.69, 9.17) is 4.74 Å². The van der Waals surface area contributed by atoms with Gasteiger partial charge in [-0.1, -0.05) is 0 Å². The van der Waals surface area contributed by atoms with E-state index < -0.39 is 0 Å². The van der Waals surface area contributed by atoms with Crippen LogP contribution in [0, 0.1) is 0 Å². The van der Waals surface area contributed by atoms with Crippen molar-refractivity contribution in [2.24, 2.45) is 0 Å². The molecule has 0 bridgehead atoms. The highest BCUT2D eigenvalue weighted by molar-refractivity contribution is 5.85. The van der Waals surface area contributed by atoms with Gasteiger partial charge >= 0.3 is 0 Å². The highest BCUT2D eigenvalue weighted by Gasteiger charge is 2.29. The zero-order valence-electron chi connectivity index (χ0n) is 13.8. The summed E-state index contributed by atoms with van der Waals surface area (Å²) in [4.78, 5) is 16.7. The molecule has 1 unspecified atom stereocenters. The molecule has 1 atom stereocenters. The zero-order valence-corrected chi connectivity index (χ0v) is 15.4. The van der Waals surface area contributed by atoms with Crippen molar-refractivity contribution in [2.45, 2.75) is 44.8 Å². The molecule has 2 aliphatic rings. The smallest absolute Gasteiger partial charge is 0.222 e. The Morgan fingerprint density at radius 1 is 1.23 bits per heavy atom. The first-order valence-electron chi connectivity index (χ1n) is 7.98. The maximum absolute atomic E-state index is 12.1. The summed E-state index contributed by atoms with van der Waals surface area (Å²) in [5.74, 6) is 0.328. The Kier molecular flexibility index (Phi) is 11.4. The van der Waals surface area contributed by atoms with Crippen LogP contribution in [0.25, 0.3) is 0 Å². The van der Waals surface area contributed by atoms with Gasteiger partial charge in [0.25, 0.3) is 0 Å². The van der Waals surface area contributed by atoms with E-state index in [0.717, 1.165) is 58.6 Å². The monoisotopic (exact) mass is 355 g/mol. The van der Waals surface area contributed by atoms with Crippen molar-refractivity contribution in [2.75, 3.05) is 46.4 Å². The Balaban J connectivity index is 0.00000220. The lowest BCUT2D eigenvalue weighted by atomic mass is 10.0. The van der Waals surface area contributed by atoms with E-state index >= 15 is 0 Å². The molecule has 0 spiro atoms. The molecule has 0 saturated carbocycles. The number of hydrogen-bond acceptors (Lipinski definition) is 4. The minimum Gasteiger partial charge on any atom is -0.376 e. The van der Waals surface area contributed by atoms with Crippen LogP contribution in [-0.4, -0.2) is 74.2 Å². The molecular formula is C15H31Cl2N3O2. The van der Waals surface area contributed by atoms with Crippen molar-refractivity contribution >= 4 is 30.7 Å². The predicted molar refractivity (Wildman–Crippen MR) is 94.2 cm³/mol. The van der Waals surface area contributed by atoms with E-state index in [9.17, 15) is 4.79 Å². The number of piperidine rings is 1. The van der Waals surface area contributed by atoms with Crippen LogP contribution in [0.15, 0.2) is 0 Å². The number of carbonyl (C=O) groups excluding carboxylic acids is 1. The highest BCUT2D eigenvalue weighted by atomic mass is 35.5. The van der Waals surface area contributed by atoms with Crippen LogP contribution in [-0.2, 0) is 9.53 Å². The summed E-state index contributed by atoms with van der Waals surface area (Å²) in [6.07, 6.45) is 4.20. The Hall–Kier alpha value is -0.0700. The van der Waals surface area contributed by atoms with Gasteiger partial charge in [0, 0.05) is 38.6 Å². The van der Waals surface area contributed by atoms with E-state index in [-0.39, 0.29) is 24.8 Å². The lowest BCUT2D eigenvalue weighted by Gasteiger charge is -2.41. The molecule has 5 nitrogen and oxygen atoms in total. The second-order valence-corrected chi connectivity index (χ2v) is 6.00. The van der Waals surface area contributed by atoms with Gasteiger partial charge in [-0.15, -0.1) is 24.8 Å². The number of hydrogen-bond donors (Lipinski definition) is 1. The van der Waals surface area contributed by atoms with Crippen LogP contribution in [0.2, 0.25) is 0 Å². The van der Waals surface area contributed by atoms with Gasteiger partial charge in [-0.3, -0.25) is 9.69 Å². The molecular weight excluding hydrogens is 325 g/mol. The summed E-state index contributed by atoms with van der Waals surface area (Å²) in [7, 11) is 1.93. The molecule has 2 fully saturated rings. The second-order valence-electron chi connectivity index (χ2n) is 6.00. The molecule has 132 valence electrons. The molecule has 2 rings (SSSR count). The number of nitrogens with zero attached hydrogens (tertiary/aromatic N) is 2. The van der Waals surface area contributed by atoms with E-state index in [0.29, 0.717) is 24.5 Å². The molecule has 2 aliphatic heterocycles. The third-order valence-corrected chi connectivity index (χ3v) is 4.42. The van der Waals surface area contributed by atoms with Gasteiger partial charge in [0.1, 0.15) is 0 Å². The van der Waals surface area contributed by atoms with Gasteiger partial charge in [0.05, 0.1) is 12.7 Å². The van der Waals surface area contributed by atoms with Crippen molar-refractivity contribution in [1.29, 1.82) is 0 Å². The van der Waals surface area contributed by atoms with Crippen molar-refractivity contribution in [1.82, 2.24) is 15.1 Å². The summed E-state index contributed by atoms with van der Waals surface area (Å²) >= 11 is 0. The minimum absolute atomic E-state index is 0. The average molecular weight is 356 g/mol. The summed E-state index contributed by atoms with van der Waals surface area (Å²) in [6.45, 7) is 7.86. The third kappa shape index (κ3) is 6.59. The Bertz CT molecular complexity index is 313. The van der Waals surface area contributed by atoms with Gasteiger partial charge in [0.15, 0.2) is 0 Å². The van der Waals surface area contributed by atoms with Gasteiger partial charge in [-0.25, -0.2) is 0 Å². The fourth-order valence-corrected chi connectivity index (χ4v) is 3.23. The summed E-state index contributed by atoms with van der Waals surface area (Å²) in [5.41, 5.74) is 0. The second kappa shape index (κ2) is 11.5. The molecule has 7 heteroatoms. The van der Waals surface area contributed by atoms with Crippen molar-refractivity contribution in [3.8, 4) is 0 Å². The van der Waals surface area contributed by atoms with Gasteiger partial charge in [-0.05, 0) is 39.8 Å². The van der Waals surface area contributed by atoms with Gasteiger partial charge < -0.3 is 15.0 Å². The first-order chi connectivity index (χ1) is 9.70. The van der Waals surface area contributed by atoms with Crippen LogP contribution in [0.1, 0.15) is 32.6 Å². The van der Waals surface area contributed by atoms with Crippen molar-refractivity contribution < 1.29 is 9.53 Å². The van der Waals surface area contributed by atoms with Crippen LogP contribution >= 0.6 is 24.8 Å². The average Bonchev–Trinajstić information content (AvgIpc) is 2.47. The lowest BCUT2D eigenvalue weighted by molar-refractivity contribution is -0.133. The Morgan fingerprint density at radius 2 is 1.91 bits per heavy atom. The summed E-state index contributed by atoms with van der Waals surface area (Å²) in [6, 6.07) is 0.641. The molecule has 2 saturated heterocycles. The van der Waals surface area contributed by atoms with Crippen molar-refractivity contribution in [3.63, 3.8) is 0 Å². The Labute approximate surface area is 146 Å². The third-order valence-electron chi connectivity index (χ3n) is 4.42. The molecule has 22 heavy (non-hydrogen) atoms. The number of nitrogens with one attached hydrogen (secondary N) is 1. The van der Waals surface area contributed by atoms with E-state index in [2.05, 4.69) is 22.0 Å². The summed E-state index contributed by atoms with van der Waals surface area (Å²) in [5, 5.41) is 3.09. The molecule has 2 heterocycles. The molecule has 0 aromatic carbocycles. The number of halogens is 2. The normalized spacial score (nSPS) is 23.5.